The number of hydrogen-bond donors (Lipinski definition) is 2. The molecule has 1 atom stereocenters. The lowest BCUT2D eigenvalue weighted by Crippen LogP contribution is -2.54. The predicted molar refractivity (Wildman–Crippen MR) is 211 cm³/mol. The van der Waals surface area contributed by atoms with Crippen molar-refractivity contribution in [3.8, 4) is 6.07 Å². The number of fused-ring (bicyclic) bond motifs is 5. The quantitative estimate of drug-likeness (QED) is 0.252. The molecule has 9 rings (SSSR count). The Morgan fingerprint density at radius 1 is 0.879 bits per heavy atom. The molecule has 1 unspecified atom stereocenters. The van der Waals surface area contributed by atoms with Gasteiger partial charge in [-0.05, 0) is 73.1 Å². The number of aryl methyl sites for hydroxylation is 1. The van der Waals surface area contributed by atoms with Crippen LogP contribution >= 0.6 is 0 Å². The molecular weight excluding hydrogens is 745 g/mol. The number of benzene rings is 3. The summed E-state index contributed by atoms with van der Waals surface area (Å²) in [5, 5.41) is 12.2. The summed E-state index contributed by atoms with van der Waals surface area (Å²) in [5.41, 5.74) is 1.52. The zero-order chi connectivity index (χ0) is 48.0. The molecule has 3 fully saturated rings. The number of halogens is 2. The van der Waals surface area contributed by atoms with Gasteiger partial charge in [-0.3, -0.25) is 39.1 Å². The monoisotopic (exact) mass is 795 g/mol. The van der Waals surface area contributed by atoms with Crippen molar-refractivity contribution in [1.29, 1.82) is 5.26 Å². The maximum absolute atomic E-state index is 16.2. The second-order valence-electron chi connectivity index (χ2n) is 15.8. The van der Waals surface area contributed by atoms with Crippen LogP contribution in [0.3, 0.4) is 0 Å². The van der Waals surface area contributed by atoms with Gasteiger partial charge in [0, 0.05) is 90.8 Å². The molecule has 0 spiro atoms. The van der Waals surface area contributed by atoms with E-state index in [1.54, 1.807) is 18.2 Å². The molecule has 2 N–H and O–H groups in total. The van der Waals surface area contributed by atoms with E-state index in [9.17, 15) is 29.2 Å². The molecule has 5 aliphatic rings. The molecular formula is C44H43F2N7O5. The van der Waals surface area contributed by atoms with Crippen molar-refractivity contribution in [1.82, 2.24) is 20.1 Å². The lowest BCUT2D eigenvalue weighted by Gasteiger charge is -2.41. The van der Waals surface area contributed by atoms with Gasteiger partial charge in [0.15, 0.2) is 17.4 Å². The van der Waals surface area contributed by atoms with Crippen LogP contribution in [0.15, 0.2) is 36.4 Å². The SMILES string of the molecule is [2H]C1([2H])N(CC2CCN(c3cc4c(cc3CC)C(=O)c3c([nH]c5cc(C#N)ccc35)C4(C)C)CC2)C([2H])([2H])C([2H])([2H])N(c2cc3c(c(F)c2F)C(=O)N(C2CCC(=O)NC2=O)C3=O)C1([2H])[2H]. The minimum Gasteiger partial charge on any atom is -0.371 e. The zero-order valence-corrected chi connectivity index (χ0v) is 31.8. The number of nitrogens with zero attached hydrogens (tertiary/aromatic N) is 5. The summed E-state index contributed by atoms with van der Waals surface area (Å²) in [4.78, 5) is 71.5. The number of anilines is 2. The minimum absolute atomic E-state index is 0.136. The highest BCUT2D eigenvalue weighted by Crippen LogP contribution is 2.46. The van der Waals surface area contributed by atoms with Crippen LogP contribution in [0, 0.1) is 28.9 Å². The van der Waals surface area contributed by atoms with E-state index in [-0.39, 0.29) is 23.5 Å². The molecule has 1 aliphatic carbocycles. The molecule has 3 aromatic carbocycles. The van der Waals surface area contributed by atoms with Gasteiger partial charge in [-0.15, -0.1) is 0 Å². The second-order valence-corrected chi connectivity index (χ2v) is 15.8. The van der Waals surface area contributed by atoms with Gasteiger partial charge in [0.25, 0.3) is 11.8 Å². The molecule has 3 saturated heterocycles. The second kappa shape index (κ2) is 13.9. The molecule has 12 nitrogen and oxygen atoms in total. The van der Waals surface area contributed by atoms with Crippen LogP contribution < -0.4 is 15.1 Å². The van der Waals surface area contributed by atoms with Gasteiger partial charge < -0.3 is 14.8 Å². The van der Waals surface area contributed by atoms with Crippen molar-refractivity contribution >= 4 is 51.7 Å². The number of nitrogens with one attached hydrogen (secondary N) is 2. The van der Waals surface area contributed by atoms with Crippen molar-refractivity contribution in [2.24, 2.45) is 5.92 Å². The van der Waals surface area contributed by atoms with Crippen molar-refractivity contribution < 1.29 is 43.7 Å². The third-order valence-corrected chi connectivity index (χ3v) is 12.1. The number of piperidine rings is 2. The van der Waals surface area contributed by atoms with E-state index in [1.165, 1.54) is 0 Å². The highest BCUT2D eigenvalue weighted by atomic mass is 19.2. The van der Waals surface area contributed by atoms with Crippen LogP contribution in [0.1, 0.15) is 116 Å². The van der Waals surface area contributed by atoms with Crippen LogP contribution in [0.5, 0.6) is 0 Å². The van der Waals surface area contributed by atoms with E-state index in [0.29, 0.717) is 70.4 Å². The normalized spacial score (nSPS) is 26.5. The Labute approximate surface area is 345 Å². The number of imide groups is 2. The number of amides is 4. The molecule has 4 aliphatic heterocycles. The van der Waals surface area contributed by atoms with E-state index < -0.39 is 102 Å². The molecule has 5 heterocycles. The lowest BCUT2D eigenvalue weighted by molar-refractivity contribution is -0.136. The number of carbonyl (C=O) groups is 5. The first-order valence-corrected chi connectivity index (χ1v) is 19.2. The van der Waals surface area contributed by atoms with Crippen LogP contribution in [-0.4, -0.2) is 95.9 Å². The fraction of sp³-hybridized carbons (Fsp3) is 0.409. The number of nitriles is 1. The number of aromatic amines is 1. The summed E-state index contributed by atoms with van der Waals surface area (Å²) in [7, 11) is 0. The number of ketones is 1. The van der Waals surface area contributed by atoms with Crippen molar-refractivity contribution in [2.45, 2.75) is 64.3 Å². The smallest absolute Gasteiger partial charge is 0.265 e. The third kappa shape index (κ3) is 5.81. The van der Waals surface area contributed by atoms with E-state index in [4.69, 9.17) is 11.0 Å². The first-order valence-electron chi connectivity index (χ1n) is 23.2. The van der Waals surface area contributed by atoms with Crippen LogP contribution in [0.25, 0.3) is 10.9 Å². The van der Waals surface area contributed by atoms with Gasteiger partial charge in [-0.1, -0.05) is 26.8 Å². The van der Waals surface area contributed by atoms with Crippen molar-refractivity contribution in [2.75, 3.05) is 55.4 Å². The van der Waals surface area contributed by atoms with E-state index >= 15 is 8.78 Å². The van der Waals surface area contributed by atoms with E-state index in [1.807, 2.05) is 38.2 Å². The Morgan fingerprint density at radius 2 is 1.62 bits per heavy atom. The highest BCUT2D eigenvalue weighted by molar-refractivity contribution is 6.24. The fourth-order valence-electron chi connectivity index (χ4n) is 8.97. The Kier molecular flexibility index (Phi) is 7.01. The van der Waals surface area contributed by atoms with E-state index in [2.05, 4.69) is 16.0 Å². The molecule has 4 amide bonds. The fourth-order valence-corrected chi connectivity index (χ4v) is 8.97. The summed E-state index contributed by atoms with van der Waals surface area (Å²) in [6.45, 7) is -7.92. The Hall–Kier alpha value is -5.94. The average Bonchev–Trinajstić information content (AvgIpc) is 3.77. The van der Waals surface area contributed by atoms with Gasteiger partial charge in [-0.25, -0.2) is 8.78 Å². The third-order valence-electron chi connectivity index (χ3n) is 12.1. The summed E-state index contributed by atoms with van der Waals surface area (Å²) >= 11 is 0. The van der Waals surface area contributed by atoms with Crippen molar-refractivity contribution in [3.63, 3.8) is 0 Å². The van der Waals surface area contributed by atoms with Crippen LogP contribution in [0.4, 0.5) is 20.2 Å². The number of carbonyl (C=O) groups excluding carboxylic acids is 5. The Morgan fingerprint density at radius 3 is 2.31 bits per heavy atom. The average molecular weight is 796 g/mol. The predicted octanol–water partition coefficient (Wildman–Crippen LogP) is 5.19. The lowest BCUT2D eigenvalue weighted by atomic mass is 9.70. The molecule has 0 saturated carbocycles. The first-order chi connectivity index (χ1) is 30.8. The summed E-state index contributed by atoms with van der Waals surface area (Å²) in [5.74, 6) is -9.22. The van der Waals surface area contributed by atoms with Gasteiger partial charge in [0.2, 0.25) is 11.8 Å². The largest absolute Gasteiger partial charge is 0.371 e. The van der Waals surface area contributed by atoms with Crippen LogP contribution in [0.2, 0.25) is 0 Å². The molecule has 1 aromatic heterocycles. The summed E-state index contributed by atoms with van der Waals surface area (Å²) < 4.78 is 104. The van der Waals surface area contributed by atoms with E-state index in [0.717, 1.165) is 27.9 Å². The molecule has 58 heavy (non-hydrogen) atoms. The topological polar surface area (TPSA) is 150 Å². The molecule has 4 aromatic rings. The Balaban J connectivity index is 0.978. The summed E-state index contributed by atoms with van der Waals surface area (Å²) in [6.07, 6.45) is 0.636. The maximum atomic E-state index is 16.2. The van der Waals surface area contributed by atoms with Crippen LogP contribution in [-0.2, 0) is 21.4 Å². The number of rotatable bonds is 6. The minimum atomic E-state index is -3.66. The summed E-state index contributed by atoms with van der Waals surface area (Å²) in [6, 6.07) is 10.1. The van der Waals surface area contributed by atoms with Gasteiger partial charge in [-0.2, -0.15) is 5.26 Å². The number of aromatic nitrogens is 1. The molecule has 14 heteroatoms. The molecule has 0 radical (unpaired) electrons. The number of H-pyrrole nitrogens is 1. The first kappa shape index (κ1) is 29.3. The standard InChI is InChI=1S/C44H43F2N7O5/c1-4-25-18-27-29(44(2,3)40-36(39(27)55)26-6-5-24(21-47)17-30(26)48-40)20-32(25)51-11-9-23(10-12-51)22-50-13-15-52(16-14-50)33-19-28-35(38(46)37(33)45)43(58)53(42(28)57)31-7-8-34(54)49-41(31)56/h5-6,17-20,23,31,48H,4,7-16,22H2,1-3H3,(H,49,54,56)/i13D2,14D2,15D2,16D2. The Bertz CT molecular complexity index is 2880. The highest BCUT2D eigenvalue weighted by Gasteiger charge is 2.48. The van der Waals surface area contributed by atoms with Gasteiger partial charge in [0.1, 0.15) is 6.04 Å². The number of piperazine rings is 1. The maximum Gasteiger partial charge on any atom is 0.265 e. The van der Waals surface area contributed by atoms with Crippen molar-refractivity contribution in [3.05, 3.63) is 92.7 Å². The number of hydrogen-bond acceptors (Lipinski definition) is 9. The van der Waals surface area contributed by atoms with Gasteiger partial charge >= 0.3 is 0 Å². The van der Waals surface area contributed by atoms with Gasteiger partial charge in [0.05, 0.1) is 39.5 Å². The molecule has 0 bridgehead atoms. The zero-order valence-electron chi connectivity index (χ0n) is 39.8. The molecule has 298 valence electrons.